The fourth-order valence-corrected chi connectivity index (χ4v) is 4.61. The predicted molar refractivity (Wildman–Crippen MR) is 170 cm³/mol. The lowest BCUT2D eigenvalue weighted by molar-refractivity contribution is 0.404. The van der Waals surface area contributed by atoms with Crippen LogP contribution in [0.25, 0.3) is 11.1 Å². The Balaban J connectivity index is 0.00000400. The number of ether oxygens (including phenoxy) is 3. The molecule has 0 bridgehead atoms. The van der Waals surface area contributed by atoms with Gasteiger partial charge in [0.1, 0.15) is 22.9 Å². The van der Waals surface area contributed by atoms with E-state index >= 15 is 0 Å². The van der Waals surface area contributed by atoms with Gasteiger partial charge in [0.05, 0.1) is 21.3 Å². The first-order chi connectivity index (χ1) is 18.1. The Labute approximate surface area is 246 Å². The molecular formula is C31H33IN2O3S. The van der Waals surface area contributed by atoms with E-state index in [1.165, 1.54) is 11.1 Å². The van der Waals surface area contributed by atoms with Crippen molar-refractivity contribution in [2.45, 2.75) is 13.1 Å². The summed E-state index contributed by atoms with van der Waals surface area (Å²) in [5, 5.41) is 0.898. The Morgan fingerprint density at radius 2 is 1.24 bits per heavy atom. The molecule has 38 heavy (non-hydrogen) atoms. The van der Waals surface area contributed by atoms with Gasteiger partial charge in [-0.1, -0.05) is 72.4 Å². The highest BCUT2D eigenvalue weighted by atomic mass is 127. The molecule has 7 heteroatoms. The van der Waals surface area contributed by atoms with Crippen molar-refractivity contribution in [3.05, 3.63) is 108 Å². The third kappa shape index (κ3) is 7.68. The summed E-state index contributed by atoms with van der Waals surface area (Å²) in [5.74, 6) is 2.42. The summed E-state index contributed by atoms with van der Waals surface area (Å²) in [6.45, 7) is 1.38. The van der Waals surface area contributed by atoms with Crippen molar-refractivity contribution in [2.75, 3.05) is 27.6 Å². The van der Waals surface area contributed by atoms with E-state index in [-0.39, 0.29) is 24.0 Å². The first-order valence-electron chi connectivity index (χ1n) is 12.0. The van der Waals surface area contributed by atoms with E-state index in [1.807, 2.05) is 48.5 Å². The minimum absolute atomic E-state index is 0. The molecule has 0 amide bonds. The average Bonchev–Trinajstić information content (AvgIpc) is 2.96. The Kier molecular flexibility index (Phi) is 11.4. The van der Waals surface area contributed by atoms with E-state index in [9.17, 15) is 0 Å². The van der Waals surface area contributed by atoms with Crippen LogP contribution in [-0.4, -0.2) is 37.7 Å². The van der Waals surface area contributed by atoms with Crippen molar-refractivity contribution >= 4 is 46.6 Å². The largest absolute Gasteiger partial charge is 0.497 e. The van der Waals surface area contributed by atoms with Gasteiger partial charge in [-0.15, -0.1) is 24.0 Å². The van der Waals surface area contributed by atoms with Gasteiger partial charge in [-0.3, -0.25) is 0 Å². The molecule has 0 radical (unpaired) electrons. The summed E-state index contributed by atoms with van der Waals surface area (Å²) in [4.78, 5) is 7.41. The smallest absolute Gasteiger partial charge is 0.164 e. The van der Waals surface area contributed by atoms with Gasteiger partial charge in [0.25, 0.3) is 0 Å². The number of halogens is 1. The fourth-order valence-electron chi connectivity index (χ4n) is 4.03. The van der Waals surface area contributed by atoms with Crippen molar-refractivity contribution < 1.29 is 14.2 Å². The molecule has 0 aliphatic carbocycles. The predicted octanol–water partition coefficient (Wildman–Crippen LogP) is 8.05. The molecule has 0 heterocycles. The molecule has 0 saturated carbocycles. The van der Waals surface area contributed by atoms with Crippen LogP contribution in [0.15, 0.2) is 102 Å². The Hall–Kier alpha value is -3.17. The maximum absolute atomic E-state index is 5.69. The molecule has 0 saturated heterocycles. The van der Waals surface area contributed by atoms with Crippen molar-refractivity contribution in [3.63, 3.8) is 0 Å². The zero-order valence-corrected chi connectivity index (χ0v) is 25.2. The van der Waals surface area contributed by atoms with Crippen LogP contribution in [0.3, 0.4) is 0 Å². The summed E-state index contributed by atoms with van der Waals surface area (Å²) in [7, 11) is 5.04. The van der Waals surface area contributed by atoms with E-state index in [2.05, 4.69) is 59.7 Å². The van der Waals surface area contributed by atoms with Crippen LogP contribution in [0.5, 0.6) is 17.2 Å². The average molecular weight is 641 g/mol. The normalized spacial score (nSPS) is 10.9. The summed E-state index contributed by atoms with van der Waals surface area (Å²) in [6, 6.07) is 32.8. The van der Waals surface area contributed by atoms with Gasteiger partial charge in [-0.05, 0) is 64.9 Å². The minimum atomic E-state index is 0. The maximum atomic E-state index is 5.69. The third-order valence-electron chi connectivity index (χ3n) is 6.02. The Bertz CT molecular complexity index is 1260. The number of benzene rings is 4. The lowest BCUT2D eigenvalue weighted by Gasteiger charge is -2.26. The highest BCUT2D eigenvalue weighted by molar-refractivity contribution is 14.0. The zero-order chi connectivity index (χ0) is 26.0. The second kappa shape index (κ2) is 14.7. The van der Waals surface area contributed by atoms with Gasteiger partial charge in [0, 0.05) is 13.1 Å². The van der Waals surface area contributed by atoms with Crippen LogP contribution in [0.2, 0.25) is 0 Å². The number of thioether (sulfide) groups is 1. The first kappa shape index (κ1) is 29.4. The molecule has 4 rings (SSSR count). The molecule has 0 aliphatic rings. The molecule has 0 unspecified atom stereocenters. The van der Waals surface area contributed by atoms with Crippen molar-refractivity contribution in [1.82, 2.24) is 4.90 Å². The first-order valence-corrected chi connectivity index (χ1v) is 13.2. The molecule has 0 spiro atoms. The summed E-state index contributed by atoms with van der Waals surface area (Å²) < 4.78 is 16.4. The summed E-state index contributed by atoms with van der Waals surface area (Å²) in [6.07, 6.45) is 2.06. The number of nitrogens with zero attached hydrogens (tertiary/aromatic N) is 2. The molecule has 0 fully saturated rings. The molecule has 198 valence electrons. The summed E-state index contributed by atoms with van der Waals surface area (Å²) in [5.41, 5.74) is 5.36. The number of hydrogen-bond donors (Lipinski definition) is 0. The van der Waals surface area contributed by atoms with Crippen LogP contribution in [0.1, 0.15) is 11.1 Å². The number of amidine groups is 1. The quantitative estimate of drug-likeness (QED) is 0.105. The maximum Gasteiger partial charge on any atom is 0.164 e. The molecule has 0 N–H and O–H groups in total. The van der Waals surface area contributed by atoms with Crippen molar-refractivity contribution in [1.29, 1.82) is 0 Å². The number of methoxy groups -OCH3 is 3. The SMILES string of the molecule is COc1ccc(CN(Cc2ccc(OC)cc2)C(=Nc2cc(-c3ccccc3)ccc2OC)SC)cc1.I. The molecule has 0 aliphatic heterocycles. The van der Waals surface area contributed by atoms with E-state index in [4.69, 9.17) is 19.2 Å². The van der Waals surface area contributed by atoms with E-state index in [0.717, 1.165) is 39.2 Å². The minimum Gasteiger partial charge on any atom is -0.497 e. The standard InChI is InChI=1S/C31H32N2O3S.HI/c1-34-27-15-10-23(11-16-27)21-33(22-24-12-17-28(35-2)18-13-24)31(37-4)32-29-20-26(14-19-30(29)36-3)25-8-6-5-7-9-25;/h5-20H,21-22H2,1-4H3;1H. The highest BCUT2D eigenvalue weighted by Crippen LogP contribution is 2.34. The summed E-state index contributed by atoms with van der Waals surface area (Å²) >= 11 is 1.62. The van der Waals surface area contributed by atoms with Gasteiger partial charge >= 0.3 is 0 Å². The van der Waals surface area contributed by atoms with Crippen molar-refractivity contribution in [2.24, 2.45) is 4.99 Å². The highest BCUT2D eigenvalue weighted by Gasteiger charge is 2.15. The monoisotopic (exact) mass is 640 g/mol. The van der Waals surface area contributed by atoms with Gasteiger partial charge < -0.3 is 19.1 Å². The topological polar surface area (TPSA) is 43.3 Å². The van der Waals surface area contributed by atoms with Crippen molar-refractivity contribution in [3.8, 4) is 28.4 Å². The Morgan fingerprint density at radius 3 is 1.71 bits per heavy atom. The van der Waals surface area contributed by atoms with Crippen LogP contribution < -0.4 is 14.2 Å². The van der Waals surface area contributed by atoms with E-state index in [1.54, 1.807) is 33.1 Å². The second-order valence-corrected chi connectivity index (χ2v) is 9.18. The van der Waals surface area contributed by atoms with Crippen LogP contribution in [-0.2, 0) is 13.1 Å². The number of rotatable bonds is 9. The van der Waals surface area contributed by atoms with Crippen LogP contribution >= 0.6 is 35.7 Å². The van der Waals surface area contributed by atoms with Gasteiger partial charge in [0.2, 0.25) is 0 Å². The lowest BCUT2D eigenvalue weighted by atomic mass is 10.0. The number of hydrogen-bond acceptors (Lipinski definition) is 5. The van der Waals surface area contributed by atoms with E-state index in [0.29, 0.717) is 13.1 Å². The van der Waals surface area contributed by atoms with Crippen LogP contribution in [0.4, 0.5) is 5.69 Å². The molecule has 5 nitrogen and oxygen atoms in total. The third-order valence-corrected chi connectivity index (χ3v) is 6.73. The molecule has 4 aromatic carbocycles. The molecular weight excluding hydrogens is 607 g/mol. The molecule has 0 aromatic heterocycles. The Morgan fingerprint density at radius 1 is 0.684 bits per heavy atom. The lowest BCUT2D eigenvalue weighted by Crippen LogP contribution is -2.27. The number of aliphatic imine (C=N–C) groups is 1. The van der Waals surface area contributed by atoms with Crippen LogP contribution in [0, 0.1) is 0 Å². The van der Waals surface area contributed by atoms with Gasteiger partial charge in [-0.2, -0.15) is 0 Å². The van der Waals surface area contributed by atoms with Gasteiger partial charge in [0.15, 0.2) is 5.17 Å². The van der Waals surface area contributed by atoms with E-state index < -0.39 is 0 Å². The molecule has 4 aromatic rings. The second-order valence-electron chi connectivity index (χ2n) is 8.40. The zero-order valence-electron chi connectivity index (χ0n) is 22.1. The fraction of sp³-hybridized carbons (Fsp3) is 0.194. The van der Waals surface area contributed by atoms with Gasteiger partial charge in [-0.25, -0.2) is 4.99 Å². The molecule has 0 atom stereocenters.